The number of carbonyl (C=O) groups is 4. The normalized spacial score (nSPS) is 20.0. The molecule has 10 nitrogen and oxygen atoms in total. The number of aliphatic hydroxyl groups excluding tert-OH is 1. The minimum atomic E-state index is -1.30. The molecule has 0 aromatic heterocycles. The topological polar surface area (TPSA) is 146 Å². The van der Waals surface area contributed by atoms with Crippen LogP contribution in [0.25, 0.3) is 0 Å². The number of hydrogen-bond donors (Lipinski definition) is 5. The molecule has 0 spiro atoms. The van der Waals surface area contributed by atoms with Gasteiger partial charge in [-0.15, -0.1) is 0 Å². The van der Waals surface area contributed by atoms with Gasteiger partial charge in [0.15, 0.2) is 0 Å². The largest absolute Gasteiger partial charge is 0.467 e. The van der Waals surface area contributed by atoms with E-state index in [2.05, 4.69) is 21.3 Å². The molecule has 0 aromatic carbocycles. The summed E-state index contributed by atoms with van der Waals surface area (Å²) in [5, 5.41) is 21.0. The average Bonchev–Trinajstić information content (AvgIpc) is 3.22. The number of esters is 1. The Balaban J connectivity index is 2.87. The molecule has 0 unspecified atom stereocenters. The highest BCUT2D eigenvalue weighted by atomic mass is 16.5. The molecule has 0 radical (unpaired) electrons. The zero-order valence-electron chi connectivity index (χ0n) is 19.4. The van der Waals surface area contributed by atoms with Crippen molar-refractivity contribution >= 4 is 23.7 Å². The lowest BCUT2D eigenvalue weighted by atomic mass is 10.0. The molecule has 1 saturated heterocycles. The summed E-state index contributed by atoms with van der Waals surface area (Å²) in [4.78, 5) is 50.1. The van der Waals surface area contributed by atoms with Gasteiger partial charge in [0, 0.05) is 0 Å². The van der Waals surface area contributed by atoms with Crippen molar-refractivity contribution in [1.29, 1.82) is 0 Å². The Kier molecular flexibility index (Phi) is 10.9. The van der Waals surface area contributed by atoms with Gasteiger partial charge in [-0.3, -0.25) is 14.4 Å². The third kappa shape index (κ3) is 8.45. The van der Waals surface area contributed by atoms with Crippen molar-refractivity contribution in [2.24, 2.45) is 11.8 Å². The second kappa shape index (κ2) is 12.6. The van der Waals surface area contributed by atoms with Crippen LogP contribution < -0.4 is 21.3 Å². The highest BCUT2D eigenvalue weighted by molar-refractivity contribution is 5.94. The number of nitrogens with one attached hydrogen (secondary N) is 4. The summed E-state index contributed by atoms with van der Waals surface area (Å²) in [6.45, 7) is 9.46. The van der Waals surface area contributed by atoms with Crippen LogP contribution in [-0.4, -0.2) is 72.7 Å². The number of ether oxygens (including phenoxy) is 1. The lowest BCUT2D eigenvalue weighted by Gasteiger charge is -2.28. The van der Waals surface area contributed by atoms with Gasteiger partial charge in [-0.05, 0) is 44.6 Å². The van der Waals surface area contributed by atoms with Gasteiger partial charge in [0.2, 0.25) is 17.7 Å². The molecule has 0 bridgehead atoms. The fraction of sp³-hybridized carbons (Fsp3) is 0.810. The van der Waals surface area contributed by atoms with Crippen molar-refractivity contribution in [3.05, 3.63) is 0 Å². The Morgan fingerprint density at radius 1 is 1.00 bits per heavy atom. The van der Waals surface area contributed by atoms with Crippen molar-refractivity contribution in [3.8, 4) is 0 Å². The van der Waals surface area contributed by atoms with E-state index in [-0.39, 0.29) is 23.8 Å². The van der Waals surface area contributed by atoms with Crippen LogP contribution in [0.1, 0.15) is 53.9 Å². The van der Waals surface area contributed by atoms with Crippen molar-refractivity contribution in [2.45, 2.75) is 84.2 Å². The molecule has 5 N–H and O–H groups in total. The van der Waals surface area contributed by atoms with Crippen LogP contribution in [-0.2, 0) is 23.9 Å². The molecule has 0 saturated carbocycles. The zero-order valence-corrected chi connectivity index (χ0v) is 19.4. The minimum Gasteiger partial charge on any atom is -0.467 e. The van der Waals surface area contributed by atoms with Crippen molar-refractivity contribution in [1.82, 2.24) is 21.3 Å². The first-order chi connectivity index (χ1) is 14.5. The second-order valence-corrected chi connectivity index (χ2v) is 8.82. The van der Waals surface area contributed by atoms with Crippen LogP contribution in [0.3, 0.4) is 0 Å². The first-order valence-corrected chi connectivity index (χ1v) is 10.9. The zero-order chi connectivity index (χ0) is 23.7. The third-order valence-corrected chi connectivity index (χ3v) is 5.20. The van der Waals surface area contributed by atoms with Crippen molar-refractivity contribution in [2.75, 3.05) is 13.7 Å². The Hall–Kier alpha value is -2.20. The first-order valence-electron chi connectivity index (χ1n) is 10.9. The van der Waals surface area contributed by atoms with Crippen LogP contribution in [0.2, 0.25) is 0 Å². The number of carbonyl (C=O) groups excluding carboxylic acids is 4. The third-order valence-electron chi connectivity index (χ3n) is 5.20. The molecule has 3 amide bonds. The summed E-state index contributed by atoms with van der Waals surface area (Å²) < 4.78 is 4.74. The number of amides is 3. The molecule has 0 aromatic rings. The maximum atomic E-state index is 12.9. The average molecular weight is 443 g/mol. The Morgan fingerprint density at radius 3 is 2.06 bits per heavy atom. The molecule has 5 atom stereocenters. The molecule has 0 aliphatic carbocycles. The molecule has 1 fully saturated rings. The van der Waals surface area contributed by atoms with Crippen LogP contribution in [0.5, 0.6) is 0 Å². The van der Waals surface area contributed by atoms with Gasteiger partial charge in [0.05, 0.1) is 19.3 Å². The molecule has 178 valence electrons. The quantitative estimate of drug-likeness (QED) is 0.270. The summed E-state index contributed by atoms with van der Waals surface area (Å²) in [6.07, 6.45) is 0.708. The summed E-state index contributed by atoms with van der Waals surface area (Å²) in [5.74, 6) is -2.30. The number of rotatable bonds is 11. The molecule has 1 aliphatic rings. The molecule has 1 rings (SSSR count). The number of methoxy groups -OCH3 is 1. The first kappa shape index (κ1) is 26.8. The van der Waals surface area contributed by atoms with Gasteiger partial charge in [-0.2, -0.15) is 0 Å². The molecular formula is C21H38N4O6. The Labute approximate surface area is 184 Å². The van der Waals surface area contributed by atoms with E-state index in [1.54, 1.807) is 13.8 Å². The summed E-state index contributed by atoms with van der Waals surface area (Å²) in [7, 11) is 1.23. The molecular weight excluding hydrogens is 404 g/mol. The Bertz CT molecular complexity index is 631. The fourth-order valence-electron chi connectivity index (χ4n) is 3.43. The van der Waals surface area contributed by atoms with E-state index < -0.39 is 42.0 Å². The van der Waals surface area contributed by atoms with Crippen LogP contribution >= 0.6 is 0 Å². The van der Waals surface area contributed by atoms with E-state index in [1.807, 2.05) is 13.8 Å². The SMILES string of the molecule is COC(=O)[C@H](CC(C)C)NC(=O)[C@H](NC(=O)[C@H](NC(=O)[C@H]1CCCN1)C(C)C)[C@H](C)O. The van der Waals surface area contributed by atoms with Gasteiger partial charge in [0.25, 0.3) is 0 Å². The molecule has 31 heavy (non-hydrogen) atoms. The van der Waals surface area contributed by atoms with E-state index in [0.29, 0.717) is 12.8 Å². The van der Waals surface area contributed by atoms with E-state index in [0.717, 1.165) is 13.0 Å². The molecule has 10 heteroatoms. The lowest BCUT2D eigenvalue weighted by Crippen LogP contribution is -2.60. The predicted molar refractivity (Wildman–Crippen MR) is 115 cm³/mol. The Morgan fingerprint density at radius 2 is 1.61 bits per heavy atom. The summed E-state index contributed by atoms with van der Waals surface area (Å²) in [5.41, 5.74) is 0. The minimum absolute atomic E-state index is 0.105. The monoisotopic (exact) mass is 442 g/mol. The van der Waals surface area contributed by atoms with E-state index >= 15 is 0 Å². The van der Waals surface area contributed by atoms with Crippen molar-refractivity contribution < 1.29 is 29.0 Å². The fourth-order valence-corrected chi connectivity index (χ4v) is 3.43. The molecule has 1 heterocycles. The predicted octanol–water partition coefficient (Wildman–Crippen LogP) is -0.551. The van der Waals surface area contributed by atoms with Gasteiger partial charge >= 0.3 is 5.97 Å². The van der Waals surface area contributed by atoms with Gasteiger partial charge in [-0.25, -0.2) is 4.79 Å². The maximum absolute atomic E-state index is 12.9. The lowest BCUT2D eigenvalue weighted by molar-refractivity contribution is -0.146. The van der Waals surface area contributed by atoms with Crippen LogP contribution in [0.15, 0.2) is 0 Å². The van der Waals surface area contributed by atoms with E-state index in [9.17, 15) is 24.3 Å². The maximum Gasteiger partial charge on any atom is 0.328 e. The molecule has 1 aliphatic heterocycles. The summed E-state index contributed by atoms with van der Waals surface area (Å²) in [6, 6.07) is -3.42. The number of hydrogen-bond acceptors (Lipinski definition) is 7. The second-order valence-electron chi connectivity index (χ2n) is 8.82. The van der Waals surface area contributed by atoms with Crippen LogP contribution in [0, 0.1) is 11.8 Å². The van der Waals surface area contributed by atoms with Gasteiger partial charge < -0.3 is 31.1 Å². The highest BCUT2D eigenvalue weighted by Crippen LogP contribution is 2.10. The van der Waals surface area contributed by atoms with Gasteiger partial charge in [0.1, 0.15) is 18.1 Å². The summed E-state index contributed by atoms with van der Waals surface area (Å²) >= 11 is 0. The van der Waals surface area contributed by atoms with E-state index in [4.69, 9.17) is 4.74 Å². The van der Waals surface area contributed by atoms with Crippen LogP contribution in [0.4, 0.5) is 0 Å². The highest BCUT2D eigenvalue weighted by Gasteiger charge is 2.34. The smallest absolute Gasteiger partial charge is 0.328 e. The van der Waals surface area contributed by atoms with Gasteiger partial charge in [-0.1, -0.05) is 27.7 Å². The standard InChI is InChI=1S/C21H38N4O6/c1-11(2)10-15(21(30)31-6)23-20(29)17(13(5)26)25-19(28)16(12(3)4)24-18(27)14-8-7-9-22-14/h11-17,22,26H,7-10H2,1-6H3,(H,23,29)(H,24,27)(H,25,28)/t13-,14+,15-,16+,17+/m0/s1. The van der Waals surface area contributed by atoms with Crippen molar-refractivity contribution in [3.63, 3.8) is 0 Å². The number of aliphatic hydroxyl groups is 1. The van der Waals surface area contributed by atoms with E-state index in [1.165, 1.54) is 14.0 Å².